The molecular formula is C9H15NO. The lowest BCUT2D eigenvalue weighted by atomic mass is 9.98. The summed E-state index contributed by atoms with van der Waals surface area (Å²) in [5, 5.41) is 12.6. The van der Waals surface area contributed by atoms with Gasteiger partial charge in [0.1, 0.15) is 0 Å². The highest BCUT2D eigenvalue weighted by Crippen LogP contribution is 2.84. The number of piperidine rings is 1. The highest BCUT2D eigenvalue weighted by atomic mass is 16.3. The number of hydrogen-bond acceptors (Lipinski definition) is 2. The second-order valence-electron chi connectivity index (χ2n) is 4.37. The monoisotopic (exact) mass is 153 g/mol. The van der Waals surface area contributed by atoms with Gasteiger partial charge in [-0.05, 0) is 30.1 Å². The Balaban J connectivity index is 1.82. The second-order valence-corrected chi connectivity index (χ2v) is 4.37. The molecule has 5 unspecified atom stereocenters. The van der Waals surface area contributed by atoms with E-state index in [0.29, 0.717) is 18.1 Å². The van der Waals surface area contributed by atoms with Crippen molar-refractivity contribution >= 4 is 0 Å². The second kappa shape index (κ2) is 1.64. The van der Waals surface area contributed by atoms with E-state index in [0.717, 1.165) is 17.9 Å². The van der Waals surface area contributed by atoms with Crippen LogP contribution in [0.2, 0.25) is 0 Å². The van der Waals surface area contributed by atoms with Gasteiger partial charge in [0.15, 0.2) is 0 Å². The Morgan fingerprint density at radius 2 is 2.45 bits per heavy atom. The van der Waals surface area contributed by atoms with Crippen LogP contribution < -0.4 is 5.32 Å². The smallest absolute Gasteiger partial charge is 0.0590 e. The van der Waals surface area contributed by atoms with Gasteiger partial charge >= 0.3 is 0 Å². The van der Waals surface area contributed by atoms with E-state index in [2.05, 4.69) is 12.2 Å². The van der Waals surface area contributed by atoms with E-state index in [1.165, 1.54) is 12.8 Å². The van der Waals surface area contributed by atoms with Crippen LogP contribution in [0.4, 0.5) is 0 Å². The summed E-state index contributed by atoms with van der Waals surface area (Å²) < 4.78 is 0. The largest absolute Gasteiger partial charge is 0.395 e. The van der Waals surface area contributed by atoms with Crippen LogP contribution in [0.3, 0.4) is 0 Å². The average molecular weight is 153 g/mol. The van der Waals surface area contributed by atoms with Crippen molar-refractivity contribution in [3.63, 3.8) is 0 Å². The Morgan fingerprint density at radius 3 is 2.82 bits per heavy atom. The Bertz CT molecular complexity index is 206. The molecule has 3 rings (SSSR count). The number of aliphatic hydroxyl groups excluding tert-OH is 1. The lowest BCUT2D eigenvalue weighted by molar-refractivity contribution is 0.227. The van der Waals surface area contributed by atoms with E-state index in [1.54, 1.807) is 0 Å². The molecule has 0 bridgehead atoms. The first-order valence-electron chi connectivity index (χ1n) is 4.71. The normalized spacial score (nSPS) is 63.8. The van der Waals surface area contributed by atoms with E-state index in [9.17, 15) is 0 Å². The fourth-order valence-corrected chi connectivity index (χ4v) is 3.40. The Morgan fingerprint density at radius 1 is 1.64 bits per heavy atom. The van der Waals surface area contributed by atoms with Crippen LogP contribution in [0.1, 0.15) is 19.8 Å². The SMILES string of the molecule is CCC1NC(CO)C23CC2C13. The summed E-state index contributed by atoms with van der Waals surface area (Å²) >= 11 is 0. The summed E-state index contributed by atoms with van der Waals surface area (Å²) in [4.78, 5) is 0. The summed E-state index contributed by atoms with van der Waals surface area (Å²) in [6, 6.07) is 1.17. The number of rotatable bonds is 2. The molecule has 1 heterocycles. The molecule has 2 N–H and O–H groups in total. The molecule has 2 heteroatoms. The molecule has 1 saturated heterocycles. The molecule has 2 nitrogen and oxygen atoms in total. The van der Waals surface area contributed by atoms with Crippen molar-refractivity contribution in [1.29, 1.82) is 0 Å². The van der Waals surface area contributed by atoms with Crippen molar-refractivity contribution in [2.45, 2.75) is 31.8 Å². The first-order valence-corrected chi connectivity index (χ1v) is 4.71. The van der Waals surface area contributed by atoms with Crippen molar-refractivity contribution in [2.75, 3.05) is 6.61 Å². The van der Waals surface area contributed by atoms with Crippen LogP contribution in [0.25, 0.3) is 0 Å². The van der Waals surface area contributed by atoms with Gasteiger partial charge in [0, 0.05) is 12.1 Å². The maximum absolute atomic E-state index is 9.11. The molecule has 1 spiro atoms. The van der Waals surface area contributed by atoms with Gasteiger partial charge in [-0.25, -0.2) is 0 Å². The Hall–Kier alpha value is -0.0800. The molecular weight excluding hydrogens is 138 g/mol. The number of aliphatic hydroxyl groups is 1. The minimum atomic E-state index is 0.351. The zero-order chi connectivity index (χ0) is 7.64. The first-order chi connectivity index (χ1) is 5.34. The van der Waals surface area contributed by atoms with E-state index >= 15 is 0 Å². The minimum Gasteiger partial charge on any atom is -0.395 e. The fourth-order valence-electron chi connectivity index (χ4n) is 3.40. The third-order valence-corrected chi connectivity index (χ3v) is 4.17. The van der Waals surface area contributed by atoms with E-state index < -0.39 is 0 Å². The quantitative estimate of drug-likeness (QED) is 0.600. The predicted octanol–water partition coefficient (Wildman–Crippen LogP) is 0.365. The van der Waals surface area contributed by atoms with E-state index in [1.807, 2.05) is 0 Å². The van der Waals surface area contributed by atoms with E-state index in [4.69, 9.17) is 5.11 Å². The van der Waals surface area contributed by atoms with Gasteiger partial charge in [-0.3, -0.25) is 0 Å². The standard InChI is InChI=1S/C9H15NO/c1-2-6-8-5-3-9(5,8)7(4-11)10-6/h5-8,10-11H,2-4H2,1H3. The molecule has 3 aliphatic rings. The van der Waals surface area contributed by atoms with Gasteiger partial charge in [-0.15, -0.1) is 0 Å². The maximum Gasteiger partial charge on any atom is 0.0590 e. The van der Waals surface area contributed by atoms with Crippen LogP contribution >= 0.6 is 0 Å². The molecule has 0 aromatic rings. The molecule has 11 heavy (non-hydrogen) atoms. The summed E-state index contributed by atoms with van der Waals surface area (Å²) in [5.74, 6) is 1.95. The van der Waals surface area contributed by atoms with Crippen LogP contribution in [0.5, 0.6) is 0 Å². The topological polar surface area (TPSA) is 32.3 Å². The zero-order valence-electron chi connectivity index (χ0n) is 6.88. The maximum atomic E-state index is 9.11. The Labute approximate surface area is 67.0 Å². The van der Waals surface area contributed by atoms with Gasteiger partial charge in [0.05, 0.1) is 6.61 Å². The average Bonchev–Trinajstić information content (AvgIpc) is 2.82. The van der Waals surface area contributed by atoms with Crippen molar-refractivity contribution in [2.24, 2.45) is 17.3 Å². The van der Waals surface area contributed by atoms with E-state index in [-0.39, 0.29) is 0 Å². The zero-order valence-corrected chi connectivity index (χ0v) is 6.88. The first kappa shape index (κ1) is 6.44. The van der Waals surface area contributed by atoms with Gasteiger partial charge in [-0.1, -0.05) is 6.92 Å². The van der Waals surface area contributed by atoms with Gasteiger partial charge in [-0.2, -0.15) is 0 Å². The van der Waals surface area contributed by atoms with Crippen LogP contribution in [0, 0.1) is 17.3 Å². The highest BCUT2D eigenvalue weighted by molar-refractivity contribution is 5.36. The molecule has 0 aromatic carbocycles. The predicted molar refractivity (Wildman–Crippen MR) is 42.1 cm³/mol. The van der Waals surface area contributed by atoms with Crippen LogP contribution in [-0.4, -0.2) is 23.8 Å². The van der Waals surface area contributed by atoms with Crippen LogP contribution in [-0.2, 0) is 0 Å². The number of fused-ring (bicyclic) bond motifs is 1. The highest BCUT2D eigenvalue weighted by Gasteiger charge is 2.85. The van der Waals surface area contributed by atoms with Gasteiger partial charge in [0.2, 0.25) is 0 Å². The molecule has 62 valence electrons. The fraction of sp³-hybridized carbons (Fsp3) is 1.00. The van der Waals surface area contributed by atoms with Crippen molar-refractivity contribution < 1.29 is 5.11 Å². The summed E-state index contributed by atoms with van der Waals surface area (Å²) in [5.41, 5.74) is 0.607. The number of hydrogen-bond donors (Lipinski definition) is 2. The van der Waals surface area contributed by atoms with Crippen molar-refractivity contribution in [3.05, 3.63) is 0 Å². The molecule has 2 saturated carbocycles. The molecule has 5 atom stereocenters. The molecule has 0 radical (unpaired) electrons. The van der Waals surface area contributed by atoms with Gasteiger partial charge in [0.25, 0.3) is 0 Å². The van der Waals surface area contributed by atoms with Crippen molar-refractivity contribution in [1.82, 2.24) is 5.32 Å². The number of nitrogens with one attached hydrogen (secondary N) is 1. The summed E-state index contributed by atoms with van der Waals surface area (Å²) in [6.45, 7) is 2.59. The van der Waals surface area contributed by atoms with Crippen molar-refractivity contribution in [3.8, 4) is 0 Å². The molecule has 0 aromatic heterocycles. The lowest BCUT2D eigenvalue weighted by Crippen LogP contribution is -2.36. The third-order valence-electron chi connectivity index (χ3n) is 4.17. The lowest BCUT2D eigenvalue weighted by Gasteiger charge is -2.14. The molecule has 1 aliphatic heterocycles. The third kappa shape index (κ3) is 0.510. The Kier molecular flexibility index (Phi) is 0.961. The minimum absolute atomic E-state index is 0.351. The molecule has 3 fully saturated rings. The van der Waals surface area contributed by atoms with Gasteiger partial charge < -0.3 is 10.4 Å². The molecule has 0 amide bonds. The summed E-state index contributed by atoms with van der Waals surface area (Å²) in [7, 11) is 0. The molecule has 2 aliphatic carbocycles. The van der Waals surface area contributed by atoms with Crippen LogP contribution in [0.15, 0.2) is 0 Å². The summed E-state index contributed by atoms with van der Waals surface area (Å²) in [6.07, 6.45) is 2.63.